The molecule has 8 nitrogen and oxygen atoms in total. The van der Waals surface area contributed by atoms with Crippen molar-refractivity contribution in [3.05, 3.63) is 0 Å². The first-order valence-corrected chi connectivity index (χ1v) is 6.63. The van der Waals surface area contributed by atoms with Gasteiger partial charge in [-0.3, -0.25) is 19.3 Å². The molecule has 0 spiro atoms. The maximum atomic E-state index is 11.1. The smallest absolute Gasteiger partial charge is 0.306 e. The molecule has 21 heavy (non-hydrogen) atoms. The lowest BCUT2D eigenvalue weighted by Gasteiger charge is -2.21. The second kappa shape index (κ2) is 13.3. The van der Waals surface area contributed by atoms with Gasteiger partial charge in [-0.15, -0.1) is 0 Å². The summed E-state index contributed by atoms with van der Waals surface area (Å²) < 4.78 is 18.9. The Bertz CT molecular complexity index is 289. The van der Waals surface area contributed by atoms with Crippen LogP contribution >= 0.6 is 0 Å². The van der Waals surface area contributed by atoms with Crippen LogP contribution in [0.2, 0.25) is 0 Å². The van der Waals surface area contributed by atoms with E-state index in [-0.39, 0.29) is 31.4 Å². The zero-order valence-corrected chi connectivity index (χ0v) is 12.5. The van der Waals surface area contributed by atoms with E-state index in [1.54, 1.807) is 0 Å². The summed E-state index contributed by atoms with van der Waals surface area (Å²) in [6, 6.07) is 0. The molecule has 0 aliphatic heterocycles. The second-order valence-electron chi connectivity index (χ2n) is 4.07. The van der Waals surface area contributed by atoms with Gasteiger partial charge in [0.2, 0.25) is 0 Å². The Morgan fingerprint density at radius 3 is 1.95 bits per heavy atom. The summed E-state index contributed by atoms with van der Waals surface area (Å²) in [5.41, 5.74) is 0. The van der Waals surface area contributed by atoms with Crippen molar-refractivity contribution in [3.8, 4) is 0 Å². The summed E-state index contributed by atoms with van der Waals surface area (Å²) in [5.74, 6) is -0.614. The molecule has 0 N–H and O–H groups in total. The molecule has 0 saturated heterocycles. The van der Waals surface area contributed by atoms with E-state index in [2.05, 4.69) is 14.2 Å². The Morgan fingerprint density at radius 2 is 1.48 bits per heavy atom. The Hall–Kier alpha value is -1.67. The van der Waals surface area contributed by atoms with Gasteiger partial charge in [-0.2, -0.15) is 0 Å². The molecule has 0 aromatic heterocycles. The summed E-state index contributed by atoms with van der Waals surface area (Å²) in [6.07, 6.45) is 0.484. The Morgan fingerprint density at radius 1 is 0.905 bits per heavy atom. The first kappa shape index (κ1) is 19.3. The van der Waals surface area contributed by atoms with Crippen molar-refractivity contribution >= 4 is 18.4 Å². The molecule has 0 aromatic carbocycles. The highest BCUT2D eigenvalue weighted by Crippen LogP contribution is 1.97. The number of rotatable bonds is 13. The standard InChI is InChI=1S/C13H23NO7/c1-18-12(16)3-5-14(6-4-13(17)19-2)7-8-20-9-10-21-11-15/h11H,3-10H2,1-2H3. The van der Waals surface area contributed by atoms with Crippen LogP contribution in [0.25, 0.3) is 0 Å². The fourth-order valence-electron chi connectivity index (χ4n) is 1.49. The molecule has 0 bridgehead atoms. The van der Waals surface area contributed by atoms with Crippen LogP contribution in [0.1, 0.15) is 12.8 Å². The number of esters is 2. The van der Waals surface area contributed by atoms with E-state index >= 15 is 0 Å². The van der Waals surface area contributed by atoms with Crippen LogP contribution in [-0.4, -0.2) is 77.0 Å². The number of hydrogen-bond acceptors (Lipinski definition) is 8. The van der Waals surface area contributed by atoms with Gasteiger partial charge in [0.15, 0.2) is 0 Å². The van der Waals surface area contributed by atoms with Crippen molar-refractivity contribution in [2.45, 2.75) is 12.8 Å². The molecule has 0 unspecified atom stereocenters. The van der Waals surface area contributed by atoms with E-state index in [9.17, 15) is 14.4 Å². The third-order valence-electron chi connectivity index (χ3n) is 2.69. The molecular weight excluding hydrogens is 282 g/mol. The monoisotopic (exact) mass is 305 g/mol. The predicted molar refractivity (Wildman–Crippen MR) is 72.5 cm³/mol. The quantitative estimate of drug-likeness (QED) is 0.196. The van der Waals surface area contributed by atoms with E-state index in [1.165, 1.54) is 14.2 Å². The molecular formula is C13H23NO7. The van der Waals surface area contributed by atoms with Crippen molar-refractivity contribution in [2.75, 3.05) is 53.7 Å². The minimum absolute atomic E-state index is 0.202. The molecule has 0 atom stereocenters. The summed E-state index contributed by atoms with van der Waals surface area (Å²) in [5, 5.41) is 0. The van der Waals surface area contributed by atoms with Crippen LogP contribution in [0.3, 0.4) is 0 Å². The highest BCUT2D eigenvalue weighted by molar-refractivity contribution is 5.70. The summed E-state index contributed by atoms with van der Waals surface area (Å²) in [6.45, 7) is 2.77. The number of carbonyl (C=O) groups excluding carboxylic acids is 3. The van der Waals surface area contributed by atoms with Gasteiger partial charge >= 0.3 is 11.9 Å². The van der Waals surface area contributed by atoms with E-state index in [4.69, 9.17) is 4.74 Å². The fourth-order valence-corrected chi connectivity index (χ4v) is 1.49. The number of methoxy groups -OCH3 is 2. The third kappa shape index (κ3) is 11.8. The number of hydrogen-bond donors (Lipinski definition) is 0. The molecule has 0 fully saturated rings. The molecule has 0 aromatic rings. The van der Waals surface area contributed by atoms with Gasteiger partial charge in [-0.05, 0) is 0 Å². The van der Waals surface area contributed by atoms with Crippen molar-refractivity contribution in [2.24, 2.45) is 0 Å². The highest BCUT2D eigenvalue weighted by atomic mass is 16.5. The van der Waals surface area contributed by atoms with Gasteiger partial charge in [0.05, 0.1) is 40.3 Å². The van der Waals surface area contributed by atoms with E-state index in [0.717, 1.165) is 0 Å². The number of nitrogens with zero attached hydrogens (tertiary/aromatic N) is 1. The van der Waals surface area contributed by atoms with Crippen LogP contribution in [0.4, 0.5) is 0 Å². The van der Waals surface area contributed by atoms with Crippen molar-refractivity contribution in [3.63, 3.8) is 0 Å². The minimum atomic E-state index is -0.307. The third-order valence-corrected chi connectivity index (χ3v) is 2.69. The molecule has 0 aliphatic carbocycles. The van der Waals surface area contributed by atoms with Crippen molar-refractivity contribution in [1.82, 2.24) is 4.90 Å². The summed E-state index contributed by atoms with van der Waals surface area (Å²) >= 11 is 0. The van der Waals surface area contributed by atoms with Crippen LogP contribution in [0, 0.1) is 0 Å². The second-order valence-corrected chi connectivity index (χ2v) is 4.07. The minimum Gasteiger partial charge on any atom is -0.469 e. The Labute approximate surface area is 124 Å². The molecule has 0 saturated carbocycles. The molecule has 122 valence electrons. The van der Waals surface area contributed by atoms with Crippen LogP contribution < -0.4 is 0 Å². The number of ether oxygens (including phenoxy) is 4. The molecule has 0 amide bonds. The number of carbonyl (C=O) groups is 3. The lowest BCUT2D eigenvalue weighted by atomic mass is 10.3. The van der Waals surface area contributed by atoms with Gasteiger partial charge in [0.25, 0.3) is 6.47 Å². The highest BCUT2D eigenvalue weighted by Gasteiger charge is 2.11. The first-order chi connectivity index (χ1) is 10.1. The van der Waals surface area contributed by atoms with Crippen LogP contribution in [0.15, 0.2) is 0 Å². The van der Waals surface area contributed by atoms with Crippen LogP contribution in [0.5, 0.6) is 0 Å². The Kier molecular flexibility index (Phi) is 12.3. The SMILES string of the molecule is COC(=O)CCN(CCOCCOC=O)CCC(=O)OC. The average Bonchev–Trinajstić information content (AvgIpc) is 2.51. The van der Waals surface area contributed by atoms with Crippen LogP contribution in [-0.2, 0) is 33.3 Å². The van der Waals surface area contributed by atoms with E-state index in [0.29, 0.717) is 39.3 Å². The van der Waals surface area contributed by atoms with Gasteiger partial charge < -0.3 is 18.9 Å². The molecule has 8 heteroatoms. The molecule has 0 heterocycles. The topological polar surface area (TPSA) is 91.4 Å². The van der Waals surface area contributed by atoms with E-state index < -0.39 is 0 Å². The predicted octanol–water partition coefficient (Wildman–Crippen LogP) is -0.396. The maximum Gasteiger partial charge on any atom is 0.306 e. The van der Waals surface area contributed by atoms with Gasteiger partial charge in [0, 0.05) is 19.6 Å². The normalized spacial score (nSPS) is 10.2. The van der Waals surface area contributed by atoms with E-state index in [1.807, 2.05) is 4.90 Å². The molecule has 0 aliphatic rings. The van der Waals surface area contributed by atoms with Crippen molar-refractivity contribution < 1.29 is 33.3 Å². The molecule has 0 rings (SSSR count). The molecule has 0 radical (unpaired) electrons. The summed E-state index contributed by atoms with van der Waals surface area (Å²) in [4.78, 5) is 34.1. The fraction of sp³-hybridized carbons (Fsp3) is 0.769. The van der Waals surface area contributed by atoms with Crippen molar-refractivity contribution in [1.29, 1.82) is 0 Å². The summed E-state index contributed by atoms with van der Waals surface area (Å²) in [7, 11) is 2.66. The van der Waals surface area contributed by atoms with Gasteiger partial charge in [-0.25, -0.2) is 0 Å². The first-order valence-electron chi connectivity index (χ1n) is 6.63. The largest absolute Gasteiger partial charge is 0.469 e. The van der Waals surface area contributed by atoms with Gasteiger partial charge in [0.1, 0.15) is 6.61 Å². The van der Waals surface area contributed by atoms with Gasteiger partial charge in [-0.1, -0.05) is 0 Å². The average molecular weight is 305 g/mol. The Balaban J connectivity index is 3.96. The zero-order valence-electron chi connectivity index (χ0n) is 12.5. The lowest BCUT2D eigenvalue weighted by Crippen LogP contribution is -2.32. The lowest BCUT2D eigenvalue weighted by molar-refractivity contribution is -0.141. The zero-order chi connectivity index (χ0) is 15.9. The maximum absolute atomic E-state index is 11.1.